The lowest BCUT2D eigenvalue weighted by Crippen LogP contribution is -2.44. The van der Waals surface area contributed by atoms with Crippen LogP contribution in [0.25, 0.3) is 0 Å². The molecule has 18 heavy (non-hydrogen) atoms. The third kappa shape index (κ3) is 2.21. The standard InChI is InChI=1S/C16H23NS/c1-12-4-5-13-6-7-15(14(13)10-12)17-11-16(18-2)8-3-9-16/h4-5,10,15,17H,3,6-9,11H2,1-2H3. The van der Waals surface area contributed by atoms with Gasteiger partial charge in [0, 0.05) is 17.3 Å². The Kier molecular flexibility index (Phi) is 3.42. The monoisotopic (exact) mass is 261 g/mol. The lowest BCUT2D eigenvalue weighted by molar-refractivity contribution is 0.330. The molecule has 0 bridgehead atoms. The average molecular weight is 261 g/mol. The highest BCUT2D eigenvalue weighted by molar-refractivity contribution is 8.00. The molecule has 1 unspecified atom stereocenters. The second-order valence-corrected chi connectivity index (χ2v) is 7.19. The maximum absolute atomic E-state index is 3.84. The third-order valence-corrected chi connectivity index (χ3v) is 6.17. The van der Waals surface area contributed by atoms with Crippen molar-refractivity contribution in [2.24, 2.45) is 0 Å². The molecule has 0 heterocycles. The van der Waals surface area contributed by atoms with Crippen molar-refractivity contribution in [2.75, 3.05) is 12.8 Å². The molecule has 0 amide bonds. The van der Waals surface area contributed by atoms with E-state index in [1.54, 1.807) is 11.1 Å². The van der Waals surface area contributed by atoms with Gasteiger partial charge in [-0.3, -0.25) is 0 Å². The van der Waals surface area contributed by atoms with Crippen molar-refractivity contribution in [2.45, 2.75) is 49.8 Å². The van der Waals surface area contributed by atoms with E-state index in [0.717, 1.165) is 0 Å². The van der Waals surface area contributed by atoms with Gasteiger partial charge in [0.2, 0.25) is 0 Å². The molecular formula is C16H23NS. The molecule has 1 nitrogen and oxygen atoms in total. The number of aryl methyl sites for hydroxylation is 2. The van der Waals surface area contributed by atoms with Crippen LogP contribution in [0, 0.1) is 6.92 Å². The SMILES string of the molecule is CSC1(CNC2CCc3ccc(C)cc32)CCC1. The van der Waals surface area contributed by atoms with Crippen molar-refractivity contribution in [1.29, 1.82) is 0 Å². The predicted molar refractivity (Wildman–Crippen MR) is 80.3 cm³/mol. The van der Waals surface area contributed by atoms with Crippen molar-refractivity contribution in [3.05, 3.63) is 34.9 Å². The molecule has 2 heteroatoms. The lowest BCUT2D eigenvalue weighted by Gasteiger charge is -2.41. The largest absolute Gasteiger partial charge is 0.309 e. The zero-order valence-electron chi connectivity index (χ0n) is 11.5. The van der Waals surface area contributed by atoms with Crippen LogP contribution in [-0.2, 0) is 6.42 Å². The van der Waals surface area contributed by atoms with Crippen LogP contribution in [0.2, 0.25) is 0 Å². The van der Waals surface area contributed by atoms with E-state index >= 15 is 0 Å². The summed E-state index contributed by atoms with van der Waals surface area (Å²) < 4.78 is 0.548. The van der Waals surface area contributed by atoms with E-state index in [1.807, 2.05) is 0 Å². The second kappa shape index (κ2) is 4.90. The molecule has 0 spiro atoms. The summed E-state index contributed by atoms with van der Waals surface area (Å²) >= 11 is 2.06. The van der Waals surface area contributed by atoms with Gasteiger partial charge in [-0.25, -0.2) is 0 Å². The quantitative estimate of drug-likeness (QED) is 0.883. The minimum absolute atomic E-state index is 0.548. The van der Waals surface area contributed by atoms with E-state index in [9.17, 15) is 0 Å². The Morgan fingerprint density at radius 2 is 2.22 bits per heavy atom. The fraction of sp³-hybridized carbons (Fsp3) is 0.625. The molecule has 0 radical (unpaired) electrons. The molecule has 1 saturated carbocycles. The van der Waals surface area contributed by atoms with E-state index < -0.39 is 0 Å². The van der Waals surface area contributed by atoms with Crippen LogP contribution in [0.3, 0.4) is 0 Å². The highest BCUT2D eigenvalue weighted by Crippen LogP contribution is 2.43. The fourth-order valence-electron chi connectivity index (χ4n) is 3.27. The molecule has 0 aromatic heterocycles. The Hall–Kier alpha value is -0.470. The molecule has 2 aliphatic rings. The topological polar surface area (TPSA) is 12.0 Å². The Balaban J connectivity index is 1.67. The summed E-state index contributed by atoms with van der Waals surface area (Å²) in [6.07, 6.45) is 9.02. The first-order valence-electron chi connectivity index (χ1n) is 7.10. The number of nitrogens with one attached hydrogen (secondary N) is 1. The number of benzene rings is 1. The van der Waals surface area contributed by atoms with Crippen LogP contribution in [0.1, 0.15) is 48.4 Å². The average Bonchev–Trinajstić information content (AvgIpc) is 2.71. The van der Waals surface area contributed by atoms with Gasteiger partial charge in [-0.2, -0.15) is 11.8 Å². The van der Waals surface area contributed by atoms with Crippen LogP contribution < -0.4 is 5.32 Å². The maximum Gasteiger partial charge on any atom is 0.0326 e. The maximum atomic E-state index is 3.84. The van der Waals surface area contributed by atoms with Gasteiger partial charge in [-0.1, -0.05) is 30.2 Å². The third-order valence-electron chi connectivity index (χ3n) is 4.75. The molecule has 1 aromatic rings. The molecule has 98 valence electrons. The van der Waals surface area contributed by atoms with Gasteiger partial charge in [0.15, 0.2) is 0 Å². The number of hydrogen-bond acceptors (Lipinski definition) is 2. The molecule has 1 fully saturated rings. The lowest BCUT2D eigenvalue weighted by atomic mass is 9.84. The van der Waals surface area contributed by atoms with Crippen LogP contribution in [0.4, 0.5) is 0 Å². The van der Waals surface area contributed by atoms with Gasteiger partial charge >= 0.3 is 0 Å². The van der Waals surface area contributed by atoms with Crippen LogP contribution in [0.5, 0.6) is 0 Å². The Morgan fingerprint density at radius 1 is 1.39 bits per heavy atom. The van der Waals surface area contributed by atoms with E-state index in [-0.39, 0.29) is 0 Å². The van der Waals surface area contributed by atoms with Crippen molar-refractivity contribution >= 4 is 11.8 Å². The van der Waals surface area contributed by atoms with Gasteiger partial charge in [0.25, 0.3) is 0 Å². The van der Waals surface area contributed by atoms with E-state index in [2.05, 4.69) is 48.5 Å². The highest BCUT2D eigenvalue weighted by atomic mass is 32.2. The minimum Gasteiger partial charge on any atom is -0.309 e. The van der Waals surface area contributed by atoms with Crippen molar-refractivity contribution in [3.8, 4) is 0 Å². The Morgan fingerprint density at radius 3 is 2.89 bits per heavy atom. The molecule has 1 aromatic carbocycles. The van der Waals surface area contributed by atoms with Gasteiger partial charge < -0.3 is 5.32 Å². The summed E-state index contributed by atoms with van der Waals surface area (Å²) in [5.41, 5.74) is 4.51. The molecule has 2 aliphatic carbocycles. The summed E-state index contributed by atoms with van der Waals surface area (Å²) in [4.78, 5) is 0. The first-order chi connectivity index (χ1) is 8.72. The van der Waals surface area contributed by atoms with Crippen LogP contribution in [-0.4, -0.2) is 17.5 Å². The van der Waals surface area contributed by atoms with Crippen molar-refractivity contribution < 1.29 is 0 Å². The first kappa shape index (κ1) is 12.6. The fourth-order valence-corrected chi connectivity index (χ4v) is 4.19. The molecule has 1 N–H and O–H groups in total. The van der Waals surface area contributed by atoms with Gasteiger partial charge in [-0.15, -0.1) is 0 Å². The molecule has 0 saturated heterocycles. The van der Waals surface area contributed by atoms with Crippen LogP contribution in [0.15, 0.2) is 18.2 Å². The van der Waals surface area contributed by atoms with Gasteiger partial charge in [0.05, 0.1) is 0 Å². The summed E-state index contributed by atoms with van der Waals surface area (Å²) in [5.74, 6) is 0. The number of thioether (sulfide) groups is 1. The normalized spacial score (nSPS) is 24.7. The van der Waals surface area contributed by atoms with E-state index in [1.165, 1.54) is 44.2 Å². The zero-order chi connectivity index (χ0) is 12.6. The van der Waals surface area contributed by atoms with Gasteiger partial charge in [-0.05, 0) is 50.0 Å². The van der Waals surface area contributed by atoms with Crippen molar-refractivity contribution in [1.82, 2.24) is 5.32 Å². The van der Waals surface area contributed by atoms with Gasteiger partial charge in [0.1, 0.15) is 0 Å². The number of rotatable bonds is 4. The Labute approximate surface area is 115 Å². The zero-order valence-corrected chi connectivity index (χ0v) is 12.3. The molecule has 1 atom stereocenters. The molecule has 3 rings (SSSR count). The first-order valence-corrected chi connectivity index (χ1v) is 8.33. The summed E-state index contributed by atoms with van der Waals surface area (Å²) in [7, 11) is 0. The second-order valence-electron chi connectivity index (χ2n) is 5.92. The van der Waals surface area contributed by atoms with E-state index in [4.69, 9.17) is 0 Å². The number of hydrogen-bond donors (Lipinski definition) is 1. The van der Waals surface area contributed by atoms with E-state index in [0.29, 0.717) is 10.8 Å². The summed E-state index contributed by atoms with van der Waals surface area (Å²) in [6, 6.07) is 7.55. The minimum atomic E-state index is 0.548. The highest BCUT2D eigenvalue weighted by Gasteiger charge is 2.36. The smallest absolute Gasteiger partial charge is 0.0326 e. The molecule has 0 aliphatic heterocycles. The summed E-state index contributed by atoms with van der Waals surface area (Å²) in [6.45, 7) is 3.39. The van der Waals surface area contributed by atoms with Crippen molar-refractivity contribution in [3.63, 3.8) is 0 Å². The predicted octanol–water partition coefficient (Wildman–Crippen LogP) is 3.86. The molecular weight excluding hydrogens is 238 g/mol. The number of fused-ring (bicyclic) bond motifs is 1. The Bertz CT molecular complexity index is 431. The summed E-state index contributed by atoms with van der Waals surface area (Å²) in [5, 5.41) is 3.84. The van der Waals surface area contributed by atoms with Crippen LogP contribution >= 0.6 is 11.8 Å².